The second kappa shape index (κ2) is 15.4. The zero-order valence-corrected chi connectivity index (χ0v) is 29.3. The number of ether oxygens (including phenoxy) is 2. The van der Waals surface area contributed by atoms with Crippen molar-refractivity contribution in [3.8, 4) is 5.75 Å². The Balaban J connectivity index is 1.02. The first kappa shape index (κ1) is 34.3. The van der Waals surface area contributed by atoms with E-state index in [-0.39, 0.29) is 36.5 Å². The maximum absolute atomic E-state index is 14.4. The second-order valence-electron chi connectivity index (χ2n) is 14.4. The molecule has 0 radical (unpaired) electrons. The van der Waals surface area contributed by atoms with Gasteiger partial charge in [-0.05, 0) is 96.9 Å². The van der Waals surface area contributed by atoms with Crippen LogP contribution in [0.2, 0.25) is 0 Å². The van der Waals surface area contributed by atoms with Crippen molar-refractivity contribution in [2.75, 3.05) is 26.3 Å². The van der Waals surface area contributed by atoms with Crippen molar-refractivity contribution in [3.05, 3.63) is 131 Å². The third-order valence-corrected chi connectivity index (χ3v) is 11.2. The summed E-state index contributed by atoms with van der Waals surface area (Å²) in [5, 5.41) is 9.54. The second-order valence-corrected chi connectivity index (χ2v) is 14.4. The summed E-state index contributed by atoms with van der Waals surface area (Å²) in [4.78, 5) is 37.3. The summed E-state index contributed by atoms with van der Waals surface area (Å²) < 4.78 is 18.7. The van der Waals surface area contributed by atoms with Gasteiger partial charge in [0.1, 0.15) is 30.5 Å². The molecule has 3 fully saturated rings. The normalized spacial score (nSPS) is 24.0. The van der Waals surface area contributed by atoms with E-state index in [9.17, 15) is 14.7 Å². The number of aliphatic hydroxyl groups is 1. The van der Waals surface area contributed by atoms with Crippen molar-refractivity contribution >= 4 is 23.5 Å². The van der Waals surface area contributed by atoms with Gasteiger partial charge >= 0.3 is 0 Å². The van der Waals surface area contributed by atoms with Gasteiger partial charge in [-0.2, -0.15) is 0 Å². The molecule has 52 heavy (non-hydrogen) atoms. The molecule has 268 valence electrons. The lowest BCUT2D eigenvalue weighted by molar-refractivity contribution is -0.144. The van der Waals surface area contributed by atoms with Crippen LogP contribution in [0.25, 0.3) is 11.6 Å². The molecule has 0 spiro atoms. The van der Waals surface area contributed by atoms with E-state index in [2.05, 4.69) is 34.1 Å². The van der Waals surface area contributed by atoms with Crippen LogP contribution >= 0.6 is 0 Å². The third kappa shape index (κ3) is 7.13. The molecule has 3 saturated heterocycles. The number of benzene rings is 2. The molecular formula is C43H45N3O6. The van der Waals surface area contributed by atoms with Crippen LogP contribution in [-0.2, 0) is 27.5 Å². The van der Waals surface area contributed by atoms with Crippen LogP contribution in [-0.4, -0.2) is 70.2 Å². The minimum Gasteiger partial charge on any atom is -0.489 e. The minimum atomic E-state index is -0.416. The predicted molar refractivity (Wildman–Crippen MR) is 196 cm³/mol. The van der Waals surface area contributed by atoms with Gasteiger partial charge in [0.25, 0.3) is 0 Å². The van der Waals surface area contributed by atoms with Crippen LogP contribution < -0.4 is 4.74 Å². The number of fused-ring (bicyclic) bond motifs is 3. The van der Waals surface area contributed by atoms with Crippen LogP contribution in [0.1, 0.15) is 54.9 Å². The number of piperidine rings is 1. The average Bonchev–Trinajstić information content (AvgIpc) is 3.90. The first-order valence-corrected chi connectivity index (χ1v) is 18.5. The summed E-state index contributed by atoms with van der Waals surface area (Å²) in [5.41, 5.74) is 5.30. The number of imide groups is 1. The Morgan fingerprint density at radius 2 is 1.67 bits per heavy atom. The summed E-state index contributed by atoms with van der Waals surface area (Å²) in [6, 6.07) is 29.6. The first-order chi connectivity index (χ1) is 25.6. The number of amides is 2. The number of hydrogen-bond donors (Lipinski definition) is 1. The number of aliphatic hydroxyl groups excluding tert-OH is 1. The average molecular weight is 700 g/mol. The monoisotopic (exact) mass is 699 g/mol. The van der Waals surface area contributed by atoms with Crippen molar-refractivity contribution in [2.24, 2.45) is 17.8 Å². The van der Waals surface area contributed by atoms with E-state index in [0.717, 1.165) is 60.6 Å². The van der Waals surface area contributed by atoms with Gasteiger partial charge in [-0.25, -0.2) is 0 Å². The van der Waals surface area contributed by atoms with Gasteiger partial charge < -0.3 is 19.0 Å². The van der Waals surface area contributed by atoms with Crippen LogP contribution in [0, 0.1) is 17.8 Å². The number of furan rings is 1. The Morgan fingerprint density at radius 3 is 2.40 bits per heavy atom. The number of nitrogens with zero attached hydrogens (tertiary/aromatic N) is 3. The maximum atomic E-state index is 14.4. The van der Waals surface area contributed by atoms with E-state index in [1.807, 2.05) is 66.7 Å². The van der Waals surface area contributed by atoms with E-state index in [1.165, 1.54) is 5.56 Å². The number of carbonyl (C=O) groups is 2. The van der Waals surface area contributed by atoms with E-state index in [4.69, 9.17) is 13.9 Å². The highest BCUT2D eigenvalue weighted by Gasteiger charge is 2.58. The molecule has 9 heteroatoms. The zero-order valence-electron chi connectivity index (χ0n) is 29.3. The highest BCUT2D eigenvalue weighted by atomic mass is 16.5. The number of para-hydroxylation sites is 1. The molecule has 8 rings (SSSR count). The lowest BCUT2D eigenvalue weighted by Crippen LogP contribution is -2.47. The number of hydrogen-bond acceptors (Lipinski definition) is 8. The number of pyridine rings is 1. The van der Waals surface area contributed by atoms with Gasteiger partial charge in [-0.3, -0.25) is 24.4 Å². The van der Waals surface area contributed by atoms with Gasteiger partial charge in [-0.15, -0.1) is 0 Å². The van der Waals surface area contributed by atoms with Crippen LogP contribution in [0.3, 0.4) is 0 Å². The van der Waals surface area contributed by atoms with Crippen LogP contribution in [0.5, 0.6) is 5.75 Å². The molecule has 0 saturated carbocycles. The topological polar surface area (TPSA) is 105 Å². The van der Waals surface area contributed by atoms with Crippen molar-refractivity contribution in [1.82, 2.24) is 14.8 Å². The number of aromatic nitrogens is 1. The quantitative estimate of drug-likeness (QED) is 0.131. The highest BCUT2D eigenvalue weighted by molar-refractivity contribution is 6.06. The largest absolute Gasteiger partial charge is 0.489 e. The molecule has 0 bridgehead atoms. The summed E-state index contributed by atoms with van der Waals surface area (Å²) in [5.74, 6) is 0.870. The fourth-order valence-electron chi connectivity index (χ4n) is 8.70. The summed E-state index contributed by atoms with van der Waals surface area (Å²) in [6.45, 7) is 3.16. The van der Waals surface area contributed by atoms with E-state index >= 15 is 0 Å². The smallest absolute Gasteiger partial charge is 0.234 e. The van der Waals surface area contributed by atoms with Gasteiger partial charge in [0.05, 0.1) is 30.2 Å². The molecule has 2 aromatic carbocycles. The molecule has 5 heterocycles. The van der Waals surface area contributed by atoms with Crippen molar-refractivity contribution in [3.63, 3.8) is 0 Å². The highest BCUT2D eigenvalue weighted by Crippen LogP contribution is 2.51. The molecule has 3 aliphatic heterocycles. The maximum Gasteiger partial charge on any atom is 0.234 e. The summed E-state index contributed by atoms with van der Waals surface area (Å²) in [6.07, 6.45) is 6.91. The summed E-state index contributed by atoms with van der Waals surface area (Å²) in [7, 11) is 0. The molecule has 1 N–H and O–H groups in total. The molecule has 4 aliphatic rings. The van der Waals surface area contributed by atoms with Gasteiger partial charge in [0.2, 0.25) is 11.8 Å². The molecule has 1 aliphatic carbocycles. The molecule has 2 aromatic heterocycles. The number of carbonyl (C=O) groups excluding carboxylic acids is 2. The SMILES string of the molecule is O=C1[C@@H]2[C@@H](CC(COc3ccccc3)=C3[C@@H](CC/C(=C/c4ccc(CO)o4)c4ccccn4)OC[C@@H]32)C(=O)N1C1CCN(Cc2ccccc2)CC1. The minimum absolute atomic E-state index is 0.0298. The lowest BCUT2D eigenvalue weighted by atomic mass is 9.69. The lowest BCUT2D eigenvalue weighted by Gasteiger charge is -2.36. The fourth-order valence-corrected chi connectivity index (χ4v) is 8.70. The Labute approximate surface area is 304 Å². The van der Waals surface area contributed by atoms with Crippen molar-refractivity contribution in [1.29, 1.82) is 0 Å². The van der Waals surface area contributed by atoms with E-state index in [1.54, 1.807) is 17.2 Å². The van der Waals surface area contributed by atoms with Crippen molar-refractivity contribution < 1.29 is 28.6 Å². The Morgan fingerprint density at radius 1 is 0.904 bits per heavy atom. The molecular weight excluding hydrogens is 654 g/mol. The molecule has 0 unspecified atom stereocenters. The van der Waals surface area contributed by atoms with Gasteiger partial charge in [0, 0.05) is 37.8 Å². The van der Waals surface area contributed by atoms with Gasteiger partial charge in [0.15, 0.2) is 0 Å². The molecule has 4 atom stereocenters. The van der Waals surface area contributed by atoms with E-state index in [0.29, 0.717) is 44.0 Å². The third-order valence-electron chi connectivity index (χ3n) is 11.2. The van der Waals surface area contributed by atoms with Crippen LogP contribution in [0.4, 0.5) is 0 Å². The number of likely N-dealkylation sites (tertiary alicyclic amines) is 2. The van der Waals surface area contributed by atoms with Crippen molar-refractivity contribution in [2.45, 2.75) is 57.4 Å². The zero-order chi connectivity index (χ0) is 35.4. The standard InChI is InChI=1S/C43H45N3O6/c47-26-35-16-15-34(52-35)23-30(38-13-7-8-20-44-38)14-17-39-40-31(27-50-33-11-5-2-6-12-33)24-36-41(37(40)28-51-39)43(49)46(42(36)48)32-18-21-45(22-19-32)25-29-9-3-1-4-10-29/h1-13,15-16,20,23,32,36-37,39,41,47H,14,17-19,21-22,24-28H2/b30-23-/t36-,37+,39-,41-/m1/s1. The molecule has 4 aromatic rings. The first-order valence-electron chi connectivity index (χ1n) is 18.5. The van der Waals surface area contributed by atoms with Gasteiger partial charge in [-0.1, -0.05) is 54.6 Å². The Bertz CT molecular complexity index is 1920. The fraction of sp³-hybridized carbons (Fsp3) is 0.372. The molecule has 9 nitrogen and oxygen atoms in total. The number of allylic oxidation sites excluding steroid dienone is 1. The number of rotatable bonds is 12. The van der Waals surface area contributed by atoms with Crippen LogP contribution in [0.15, 0.2) is 113 Å². The Kier molecular flexibility index (Phi) is 10.2. The summed E-state index contributed by atoms with van der Waals surface area (Å²) >= 11 is 0. The predicted octanol–water partition coefficient (Wildman–Crippen LogP) is 6.55. The Hall–Kier alpha value is -4.83. The van der Waals surface area contributed by atoms with E-state index < -0.39 is 11.8 Å². The molecule has 2 amide bonds.